The minimum absolute atomic E-state index is 0.195. The lowest BCUT2D eigenvalue weighted by Gasteiger charge is -2.26. The molecular weight excluding hydrogens is 414 g/mol. The van der Waals surface area contributed by atoms with Crippen molar-refractivity contribution in [2.24, 2.45) is 9.98 Å². The van der Waals surface area contributed by atoms with Crippen molar-refractivity contribution in [2.75, 3.05) is 66.1 Å². The summed E-state index contributed by atoms with van der Waals surface area (Å²) in [6.45, 7) is 5.11. The van der Waals surface area contributed by atoms with Crippen LogP contribution in [0.5, 0.6) is 11.5 Å². The number of aromatic nitrogens is 3. The SMILES string of the molecule is COc1ccc(Cc2nc(N)nn2C2=NCN=C(OCCN3CCOCC3)C2)cc1OC. The lowest BCUT2D eigenvalue weighted by molar-refractivity contribution is 0.0314. The third-order valence-corrected chi connectivity index (χ3v) is 5.33. The van der Waals surface area contributed by atoms with E-state index in [-0.39, 0.29) is 12.6 Å². The van der Waals surface area contributed by atoms with Gasteiger partial charge in [0.2, 0.25) is 5.95 Å². The summed E-state index contributed by atoms with van der Waals surface area (Å²) in [5, 5.41) is 4.36. The number of nitrogens with zero attached hydrogens (tertiary/aromatic N) is 6. The molecule has 2 N–H and O–H groups in total. The Morgan fingerprint density at radius 1 is 1.09 bits per heavy atom. The maximum Gasteiger partial charge on any atom is 0.240 e. The number of rotatable bonds is 7. The van der Waals surface area contributed by atoms with Crippen molar-refractivity contribution in [1.82, 2.24) is 19.7 Å². The summed E-state index contributed by atoms with van der Waals surface area (Å²) in [5.41, 5.74) is 6.91. The van der Waals surface area contributed by atoms with Gasteiger partial charge in [-0.25, -0.2) is 14.7 Å². The van der Waals surface area contributed by atoms with Crippen LogP contribution in [0.2, 0.25) is 0 Å². The van der Waals surface area contributed by atoms with Crippen molar-refractivity contribution >= 4 is 17.7 Å². The first kappa shape index (κ1) is 22.0. The van der Waals surface area contributed by atoms with E-state index in [0.29, 0.717) is 48.5 Å². The van der Waals surface area contributed by atoms with Crippen molar-refractivity contribution in [2.45, 2.75) is 12.8 Å². The molecule has 172 valence electrons. The molecule has 2 aliphatic heterocycles. The lowest BCUT2D eigenvalue weighted by atomic mass is 10.1. The standard InChI is InChI=1S/C21H29N7O4/c1-29-16-4-3-15(11-17(16)30-2)12-19-25-21(22)26-28(19)18-13-20(24-14-23-18)32-10-7-27-5-8-31-9-6-27/h3-4,11H,5-10,12-14H2,1-2H3,(H2,22,26). The third kappa shape index (κ3) is 5.35. The predicted molar refractivity (Wildman–Crippen MR) is 120 cm³/mol. The number of benzene rings is 1. The van der Waals surface area contributed by atoms with Gasteiger partial charge in [0.1, 0.15) is 24.9 Å². The van der Waals surface area contributed by atoms with Crippen LogP contribution in [0.4, 0.5) is 5.95 Å². The van der Waals surface area contributed by atoms with Crippen LogP contribution in [0.25, 0.3) is 0 Å². The second kappa shape index (κ2) is 10.4. The second-order valence-electron chi connectivity index (χ2n) is 7.41. The maximum absolute atomic E-state index is 5.92. The van der Waals surface area contributed by atoms with E-state index in [1.165, 1.54) is 0 Å². The van der Waals surface area contributed by atoms with Crippen LogP contribution >= 0.6 is 0 Å². The Morgan fingerprint density at radius 2 is 1.91 bits per heavy atom. The average molecular weight is 444 g/mol. The summed E-state index contributed by atoms with van der Waals surface area (Å²) in [7, 11) is 3.22. The molecule has 0 radical (unpaired) electrons. The van der Waals surface area contributed by atoms with Gasteiger partial charge in [0.05, 0.1) is 33.9 Å². The van der Waals surface area contributed by atoms with E-state index in [0.717, 1.165) is 38.4 Å². The van der Waals surface area contributed by atoms with Gasteiger partial charge >= 0.3 is 0 Å². The van der Waals surface area contributed by atoms with Crippen LogP contribution in [0.1, 0.15) is 17.8 Å². The smallest absolute Gasteiger partial charge is 0.240 e. The predicted octanol–water partition coefficient (Wildman–Crippen LogP) is 0.823. The molecule has 11 heteroatoms. The minimum Gasteiger partial charge on any atom is -0.493 e. The van der Waals surface area contributed by atoms with Crippen LogP contribution in [0.3, 0.4) is 0 Å². The van der Waals surface area contributed by atoms with Crippen LogP contribution in [-0.4, -0.2) is 91.7 Å². The molecule has 0 saturated carbocycles. The topological polar surface area (TPSA) is 122 Å². The average Bonchev–Trinajstić information content (AvgIpc) is 3.19. The van der Waals surface area contributed by atoms with Gasteiger partial charge in [0.25, 0.3) is 0 Å². The first-order chi connectivity index (χ1) is 15.7. The number of ether oxygens (including phenoxy) is 4. The molecule has 0 aliphatic carbocycles. The Bertz CT molecular complexity index is 983. The molecule has 1 saturated heterocycles. The molecule has 1 fully saturated rings. The van der Waals surface area contributed by atoms with Crippen LogP contribution < -0.4 is 15.2 Å². The number of hydrogen-bond acceptors (Lipinski definition) is 10. The maximum atomic E-state index is 5.92. The van der Waals surface area contributed by atoms with Gasteiger partial charge in [-0.2, -0.15) is 4.98 Å². The van der Waals surface area contributed by atoms with Gasteiger partial charge < -0.3 is 24.7 Å². The fourth-order valence-corrected chi connectivity index (χ4v) is 3.66. The van der Waals surface area contributed by atoms with Gasteiger partial charge in [-0.1, -0.05) is 6.07 Å². The zero-order valence-electron chi connectivity index (χ0n) is 18.5. The van der Waals surface area contributed by atoms with E-state index >= 15 is 0 Å². The zero-order valence-corrected chi connectivity index (χ0v) is 18.5. The summed E-state index contributed by atoms with van der Waals surface area (Å²) in [6, 6.07) is 5.74. The Morgan fingerprint density at radius 3 is 2.69 bits per heavy atom. The van der Waals surface area contributed by atoms with Crippen LogP contribution in [0.15, 0.2) is 28.2 Å². The molecule has 4 rings (SSSR count). The van der Waals surface area contributed by atoms with Crippen molar-refractivity contribution in [3.8, 4) is 11.5 Å². The Labute approximate surface area is 186 Å². The highest BCUT2D eigenvalue weighted by Gasteiger charge is 2.20. The summed E-state index contributed by atoms with van der Waals surface area (Å²) in [4.78, 5) is 15.6. The molecule has 2 aliphatic rings. The number of nitrogen functional groups attached to an aromatic ring is 1. The van der Waals surface area contributed by atoms with Crippen molar-refractivity contribution in [3.63, 3.8) is 0 Å². The van der Waals surface area contributed by atoms with E-state index in [2.05, 4.69) is 25.0 Å². The Kier molecular flexibility index (Phi) is 7.17. The van der Waals surface area contributed by atoms with Crippen LogP contribution in [0, 0.1) is 0 Å². The quantitative estimate of drug-likeness (QED) is 0.668. The van der Waals surface area contributed by atoms with E-state index in [1.54, 1.807) is 18.9 Å². The number of methoxy groups -OCH3 is 2. The van der Waals surface area contributed by atoms with E-state index in [1.807, 2.05) is 18.2 Å². The first-order valence-corrected chi connectivity index (χ1v) is 10.6. The van der Waals surface area contributed by atoms with E-state index < -0.39 is 0 Å². The number of nitrogens with two attached hydrogens (primary N) is 1. The van der Waals surface area contributed by atoms with E-state index in [4.69, 9.17) is 24.7 Å². The highest BCUT2D eigenvalue weighted by molar-refractivity contribution is 6.02. The largest absolute Gasteiger partial charge is 0.493 e. The summed E-state index contributed by atoms with van der Waals surface area (Å²) in [5.74, 6) is 3.56. The molecule has 0 amide bonds. The Hall–Kier alpha value is -3.18. The molecule has 3 heterocycles. The van der Waals surface area contributed by atoms with Gasteiger partial charge in [-0.3, -0.25) is 4.90 Å². The minimum atomic E-state index is 0.195. The molecule has 0 unspecified atom stereocenters. The van der Waals surface area contributed by atoms with E-state index in [9.17, 15) is 0 Å². The Balaban J connectivity index is 1.40. The molecule has 1 aromatic carbocycles. The molecule has 2 aromatic rings. The fourth-order valence-electron chi connectivity index (χ4n) is 3.66. The lowest BCUT2D eigenvalue weighted by Crippen LogP contribution is -2.38. The molecular formula is C21H29N7O4. The highest BCUT2D eigenvalue weighted by Crippen LogP contribution is 2.28. The number of anilines is 1. The molecule has 0 spiro atoms. The summed E-state index contributed by atoms with van der Waals surface area (Å²) in [6.07, 6.45) is 0.943. The monoisotopic (exact) mass is 443 g/mol. The molecule has 0 bridgehead atoms. The fraction of sp³-hybridized carbons (Fsp3) is 0.524. The van der Waals surface area contributed by atoms with Gasteiger partial charge in [-0.05, 0) is 17.7 Å². The highest BCUT2D eigenvalue weighted by atomic mass is 16.5. The molecule has 1 aromatic heterocycles. The molecule has 32 heavy (non-hydrogen) atoms. The number of hydrogen-bond donors (Lipinski definition) is 1. The first-order valence-electron chi connectivity index (χ1n) is 10.6. The molecule has 0 atom stereocenters. The zero-order chi connectivity index (χ0) is 22.3. The van der Waals surface area contributed by atoms with Gasteiger partial charge in [0.15, 0.2) is 17.4 Å². The summed E-state index contributed by atoms with van der Waals surface area (Å²) >= 11 is 0. The number of morpholine rings is 1. The van der Waals surface area contributed by atoms with Crippen molar-refractivity contribution in [3.05, 3.63) is 29.6 Å². The van der Waals surface area contributed by atoms with Crippen molar-refractivity contribution in [1.29, 1.82) is 0 Å². The normalized spacial score (nSPS) is 16.9. The third-order valence-electron chi connectivity index (χ3n) is 5.33. The second-order valence-corrected chi connectivity index (χ2v) is 7.41. The van der Waals surface area contributed by atoms with Gasteiger partial charge in [0, 0.05) is 26.1 Å². The molecule has 11 nitrogen and oxygen atoms in total. The van der Waals surface area contributed by atoms with Crippen molar-refractivity contribution < 1.29 is 18.9 Å². The summed E-state index contributed by atoms with van der Waals surface area (Å²) < 4.78 is 23.7. The van der Waals surface area contributed by atoms with Gasteiger partial charge in [-0.15, -0.1) is 5.10 Å². The number of aliphatic imine (C=N–C) groups is 2. The van der Waals surface area contributed by atoms with Crippen LogP contribution in [-0.2, 0) is 15.9 Å².